The van der Waals surface area contributed by atoms with E-state index in [1.54, 1.807) is 18.0 Å². The first kappa shape index (κ1) is 12.6. The van der Waals surface area contributed by atoms with E-state index < -0.39 is 0 Å². The third kappa shape index (κ3) is 4.69. The van der Waals surface area contributed by atoms with Crippen molar-refractivity contribution in [3.63, 3.8) is 0 Å². The van der Waals surface area contributed by atoms with Gasteiger partial charge in [0.25, 0.3) is 0 Å². The van der Waals surface area contributed by atoms with Crippen molar-refractivity contribution in [1.82, 2.24) is 10.3 Å². The zero-order chi connectivity index (χ0) is 11.1. The largest absolute Gasteiger partial charge is 0.313 e. The predicted octanol–water partition coefficient (Wildman–Crippen LogP) is 2.99. The van der Waals surface area contributed by atoms with Gasteiger partial charge in [0.2, 0.25) is 0 Å². The Labute approximate surface area is 100 Å². The average Bonchev–Trinajstić information content (AvgIpc) is 2.25. The van der Waals surface area contributed by atoms with Crippen molar-refractivity contribution in [3.8, 4) is 0 Å². The first-order chi connectivity index (χ1) is 7.24. The van der Waals surface area contributed by atoms with Crippen LogP contribution < -0.4 is 5.32 Å². The molecule has 1 aromatic rings. The summed E-state index contributed by atoms with van der Waals surface area (Å²) in [5.41, 5.74) is 1.16. The van der Waals surface area contributed by atoms with Gasteiger partial charge in [-0.2, -0.15) is 0 Å². The molecule has 0 fully saturated rings. The fourth-order valence-corrected chi connectivity index (χ4v) is 2.07. The molecular formula is C11H15ClN2S. The van der Waals surface area contributed by atoms with Gasteiger partial charge in [-0.25, -0.2) is 4.98 Å². The van der Waals surface area contributed by atoms with Crippen molar-refractivity contribution in [3.05, 3.63) is 35.5 Å². The van der Waals surface area contributed by atoms with Crippen molar-refractivity contribution in [1.29, 1.82) is 0 Å². The molecule has 15 heavy (non-hydrogen) atoms. The van der Waals surface area contributed by atoms with E-state index in [-0.39, 0.29) is 0 Å². The van der Waals surface area contributed by atoms with Crippen LogP contribution >= 0.6 is 23.4 Å². The molecule has 1 N–H and O–H groups in total. The molecule has 0 aromatic carbocycles. The molecule has 0 unspecified atom stereocenters. The summed E-state index contributed by atoms with van der Waals surface area (Å²) < 4.78 is 0. The van der Waals surface area contributed by atoms with E-state index in [1.807, 2.05) is 12.1 Å². The van der Waals surface area contributed by atoms with Gasteiger partial charge in [-0.3, -0.25) is 0 Å². The van der Waals surface area contributed by atoms with E-state index in [0.29, 0.717) is 5.02 Å². The highest BCUT2D eigenvalue weighted by Gasteiger charge is 2.02. The van der Waals surface area contributed by atoms with E-state index in [0.717, 1.165) is 29.4 Å². The molecular weight excluding hydrogens is 228 g/mol. The number of thioether (sulfide) groups is 1. The normalized spacial score (nSPS) is 10.3. The number of likely N-dealkylation sites (N-methyl/N-ethyl adjacent to an activating group) is 1. The summed E-state index contributed by atoms with van der Waals surface area (Å²) in [4.78, 5) is 4.20. The van der Waals surface area contributed by atoms with Crippen molar-refractivity contribution in [2.24, 2.45) is 0 Å². The quantitative estimate of drug-likeness (QED) is 0.613. The van der Waals surface area contributed by atoms with Crippen molar-refractivity contribution < 1.29 is 0 Å². The summed E-state index contributed by atoms with van der Waals surface area (Å²) in [6, 6.07) is 3.68. The number of rotatable bonds is 6. The first-order valence-electron chi connectivity index (χ1n) is 4.84. The fraction of sp³-hybridized carbons (Fsp3) is 0.364. The molecule has 2 nitrogen and oxygen atoms in total. The molecule has 4 heteroatoms. The van der Waals surface area contributed by atoms with Crippen LogP contribution in [-0.2, 0) is 0 Å². The van der Waals surface area contributed by atoms with E-state index in [4.69, 9.17) is 11.6 Å². The Balaban J connectivity index is 2.37. The molecule has 0 atom stereocenters. The van der Waals surface area contributed by atoms with Crippen LogP contribution in [0.15, 0.2) is 35.5 Å². The Bertz CT molecular complexity index is 328. The maximum Gasteiger partial charge on any atom is 0.115 e. The fourth-order valence-electron chi connectivity index (χ4n) is 1.00. The maximum absolute atomic E-state index is 5.98. The highest BCUT2D eigenvalue weighted by atomic mass is 35.5. The van der Waals surface area contributed by atoms with Crippen LogP contribution in [0.4, 0.5) is 0 Å². The van der Waals surface area contributed by atoms with E-state index in [1.165, 1.54) is 0 Å². The van der Waals surface area contributed by atoms with Gasteiger partial charge in [0.15, 0.2) is 0 Å². The van der Waals surface area contributed by atoms with Crippen LogP contribution in [0, 0.1) is 0 Å². The van der Waals surface area contributed by atoms with E-state index in [9.17, 15) is 0 Å². The zero-order valence-corrected chi connectivity index (χ0v) is 10.4. The highest BCUT2D eigenvalue weighted by molar-refractivity contribution is 7.99. The van der Waals surface area contributed by atoms with Crippen molar-refractivity contribution in [2.75, 3.05) is 18.8 Å². The predicted molar refractivity (Wildman–Crippen MR) is 67.7 cm³/mol. The Morgan fingerprint density at radius 1 is 1.67 bits per heavy atom. The monoisotopic (exact) mass is 242 g/mol. The summed E-state index contributed by atoms with van der Waals surface area (Å²) in [6.07, 6.45) is 1.75. The standard InChI is InChI=1S/C11H15ClN2S/c1-3-13-7-9(2)8-15-11-10(12)5-4-6-14-11/h4-6,13H,2-3,7-8H2,1H3. The van der Waals surface area contributed by atoms with Gasteiger partial charge in [0.05, 0.1) is 5.02 Å². The summed E-state index contributed by atoms with van der Waals surface area (Å²) in [6.45, 7) is 7.88. The molecule has 0 aliphatic rings. The van der Waals surface area contributed by atoms with Gasteiger partial charge < -0.3 is 5.32 Å². The second kappa shape index (κ2) is 6.88. The second-order valence-electron chi connectivity index (χ2n) is 3.11. The molecule has 0 bridgehead atoms. The Morgan fingerprint density at radius 2 is 2.47 bits per heavy atom. The minimum Gasteiger partial charge on any atom is -0.313 e. The lowest BCUT2D eigenvalue weighted by Crippen LogP contribution is -2.16. The molecule has 0 saturated heterocycles. The Kier molecular flexibility index (Phi) is 5.76. The highest BCUT2D eigenvalue weighted by Crippen LogP contribution is 2.25. The number of halogens is 1. The van der Waals surface area contributed by atoms with Gasteiger partial charge in [0, 0.05) is 18.5 Å². The van der Waals surface area contributed by atoms with Gasteiger partial charge in [-0.1, -0.05) is 30.7 Å². The number of aromatic nitrogens is 1. The van der Waals surface area contributed by atoms with Gasteiger partial charge >= 0.3 is 0 Å². The van der Waals surface area contributed by atoms with Gasteiger partial charge in [-0.05, 0) is 18.7 Å². The Morgan fingerprint density at radius 3 is 3.13 bits per heavy atom. The minimum atomic E-state index is 0.707. The SMILES string of the molecule is C=C(CNCC)CSc1ncccc1Cl. The van der Waals surface area contributed by atoms with Crippen LogP contribution in [0.3, 0.4) is 0 Å². The zero-order valence-electron chi connectivity index (χ0n) is 8.79. The minimum absolute atomic E-state index is 0.707. The van der Waals surface area contributed by atoms with Crippen molar-refractivity contribution in [2.45, 2.75) is 11.9 Å². The third-order valence-corrected chi connectivity index (χ3v) is 3.33. The molecule has 82 valence electrons. The van der Waals surface area contributed by atoms with Gasteiger partial charge in [-0.15, -0.1) is 11.8 Å². The van der Waals surface area contributed by atoms with Crippen LogP contribution in [0.5, 0.6) is 0 Å². The van der Waals surface area contributed by atoms with Crippen LogP contribution in [-0.4, -0.2) is 23.8 Å². The average molecular weight is 243 g/mol. The van der Waals surface area contributed by atoms with Crippen LogP contribution in [0.25, 0.3) is 0 Å². The number of hydrogen-bond donors (Lipinski definition) is 1. The molecule has 1 aromatic heterocycles. The molecule has 1 rings (SSSR count). The maximum atomic E-state index is 5.98. The molecule has 0 aliphatic carbocycles. The third-order valence-electron chi connectivity index (χ3n) is 1.76. The first-order valence-corrected chi connectivity index (χ1v) is 6.21. The summed E-state index contributed by atoms with van der Waals surface area (Å²) in [5.74, 6) is 0.851. The summed E-state index contributed by atoms with van der Waals surface area (Å²) in [7, 11) is 0. The molecule has 0 aliphatic heterocycles. The van der Waals surface area contributed by atoms with Crippen LogP contribution in [0.1, 0.15) is 6.92 Å². The molecule has 0 spiro atoms. The number of nitrogens with one attached hydrogen (secondary N) is 1. The lowest BCUT2D eigenvalue weighted by atomic mass is 10.3. The Hall–Kier alpha value is -0.510. The van der Waals surface area contributed by atoms with Crippen molar-refractivity contribution >= 4 is 23.4 Å². The van der Waals surface area contributed by atoms with E-state index >= 15 is 0 Å². The number of pyridine rings is 1. The second-order valence-corrected chi connectivity index (χ2v) is 4.48. The smallest absolute Gasteiger partial charge is 0.115 e. The molecule has 0 radical (unpaired) electrons. The van der Waals surface area contributed by atoms with Crippen LogP contribution in [0.2, 0.25) is 5.02 Å². The van der Waals surface area contributed by atoms with Gasteiger partial charge in [0.1, 0.15) is 5.03 Å². The lowest BCUT2D eigenvalue weighted by molar-refractivity contribution is 0.779. The number of nitrogens with zero attached hydrogens (tertiary/aromatic N) is 1. The molecule has 0 amide bonds. The molecule has 1 heterocycles. The lowest BCUT2D eigenvalue weighted by Gasteiger charge is -2.06. The molecule has 0 saturated carbocycles. The summed E-state index contributed by atoms with van der Waals surface area (Å²) in [5, 5.41) is 4.81. The van der Waals surface area contributed by atoms with E-state index in [2.05, 4.69) is 23.8 Å². The topological polar surface area (TPSA) is 24.9 Å². The summed E-state index contributed by atoms with van der Waals surface area (Å²) >= 11 is 7.61. The number of hydrogen-bond acceptors (Lipinski definition) is 3.